The maximum Gasteiger partial charge on any atom is 0.408 e. The van der Waals surface area contributed by atoms with E-state index in [1.165, 1.54) is 0 Å². The van der Waals surface area contributed by atoms with Gasteiger partial charge in [0.2, 0.25) is 0 Å². The zero-order valence-electron chi connectivity index (χ0n) is 12.0. The molecule has 104 valence electrons. The van der Waals surface area contributed by atoms with E-state index in [0.717, 1.165) is 25.7 Å². The van der Waals surface area contributed by atoms with Gasteiger partial charge >= 0.3 is 6.09 Å². The van der Waals surface area contributed by atoms with E-state index < -0.39 is 11.7 Å². The van der Waals surface area contributed by atoms with Gasteiger partial charge in [0, 0.05) is 12.8 Å². The Morgan fingerprint density at radius 1 is 1.28 bits per heavy atom. The minimum atomic E-state index is -0.494. The second-order valence-electron chi connectivity index (χ2n) is 6.23. The number of carbonyl (C=O) groups excluding carboxylic acids is 2. The van der Waals surface area contributed by atoms with Crippen LogP contribution in [0.25, 0.3) is 0 Å². The number of carbonyl (C=O) groups is 2. The molecular weight excluding hydrogens is 230 g/mol. The minimum Gasteiger partial charge on any atom is -0.444 e. The summed E-state index contributed by atoms with van der Waals surface area (Å²) in [5, 5.41) is 2.85. The van der Waals surface area contributed by atoms with Crippen LogP contribution in [-0.2, 0) is 9.53 Å². The number of unbranched alkanes of at least 4 members (excludes halogenated alkanes) is 1. The largest absolute Gasteiger partial charge is 0.444 e. The minimum absolute atomic E-state index is 0.241. The smallest absolute Gasteiger partial charge is 0.408 e. The Kier molecular flexibility index (Phi) is 4.77. The van der Waals surface area contributed by atoms with Crippen molar-refractivity contribution in [2.45, 2.75) is 77.4 Å². The zero-order valence-corrected chi connectivity index (χ0v) is 12.0. The Balaban J connectivity index is 2.37. The van der Waals surface area contributed by atoms with Gasteiger partial charge in [-0.2, -0.15) is 0 Å². The monoisotopic (exact) mass is 255 g/mol. The molecule has 0 aromatic rings. The van der Waals surface area contributed by atoms with E-state index in [4.69, 9.17) is 4.74 Å². The van der Waals surface area contributed by atoms with Crippen LogP contribution >= 0.6 is 0 Å². The van der Waals surface area contributed by atoms with Gasteiger partial charge in [0.25, 0.3) is 0 Å². The van der Waals surface area contributed by atoms with E-state index in [1.54, 1.807) is 0 Å². The van der Waals surface area contributed by atoms with Crippen molar-refractivity contribution < 1.29 is 14.3 Å². The zero-order chi connectivity index (χ0) is 13.8. The van der Waals surface area contributed by atoms with Crippen LogP contribution in [0, 0.1) is 0 Å². The van der Waals surface area contributed by atoms with E-state index in [-0.39, 0.29) is 11.3 Å². The molecule has 0 aromatic carbocycles. The Hall–Kier alpha value is -1.06. The molecule has 18 heavy (non-hydrogen) atoms. The Morgan fingerprint density at radius 2 is 1.89 bits per heavy atom. The van der Waals surface area contributed by atoms with Crippen molar-refractivity contribution >= 4 is 11.9 Å². The molecule has 0 bridgehead atoms. The van der Waals surface area contributed by atoms with Gasteiger partial charge in [0.05, 0.1) is 5.54 Å². The SMILES string of the molecule is CCCCC(=O)CC1(NC(=O)OC(C)(C)C)CC1. The number of hydrogen-bond donors (Lipinski definition) is 1. The second kappa shape index (κ2) is 5.72. The lowest BCUT2D eigenvalue weighted by atomic mass is 10.0. The first kappa shape index (κ1) is 15.0. The van der Waals surface area contributed by atoms with Crippen LogP contribution in [0.5, 0.6) is 0 Å². The lowest BCUT2D eigenvalue weighted by Gasteiger charge is -2.23. The molecule has 1 amide bonds. The van der Waals surface area contributed by atoms with E-state index in [9.17, 15) is 9.59 Å². The third kappa shape index (κ3) is 5.52. The van der Waals surface area contributed by atoms with Crippen LogP contribution in [0.15, 0.2) is 0 Å². The molecule has 0 aliphatic heterocycles. The van der Waals surface area contributed by atoms with Gasteiger partial charge in [-0.15, -0.1) is 0 Å². The number of alkyl carbamates (subject to hydrolysis) is 1. The highest BCUT2D eigenvalue weighted by Gasteiger charge is 2.46. The van der Waals surface area contributed by atoms with Gasteiger partial charge in [-0.05, 0) is 40.0 Å². The molecular formula is C14H25NO3. The van der Waals surface area contributed by atoms with Crippen molar-refractivity contribution in [3.8, 4) is 0 Å². The van der Waals surface area contributed by atoms with Crippen molar-refractivity contribution in [1.82, 2.24) is 5.32 Å². The van der Waals surface area contributed by atoms with E-state index in [1.807, 2.05) is 20.8 Å². The van der Waals surface area contributed by atoms with Gasteiger partial charge in [0.15, 0.2) is 0 Å². The third-order valence-electron chi connectivity index (χ3n) is 2.96. The van der Waals surface area contributed by atoms with Gasteiger partial charge < -0.3 is 10.1 Å². The number of hydrogen-bond acceptors (Lipinski definition) is 3. The summed E-state index contributed by atoms with van der Waals surface area (Å²) in [5.41, 5.74) is -0.806. The molecule has 1 fully saturated rings. The molecule has 0 saturated heterocycles. The average molecular weight is 255 g/mol. The van der Waals surface area contributed by atoms with Crippen LogP contribution < -0.4 is 5.32 Å². The number of nitrogens with one attached hydrogen (secondary N) is 1. The summed E-state index contributed by atoms with van der Waals surface area (Å²) in [6.45, 7) is 7.56. The highest BCUT2D eigenvalue weighted by Crippen LogP contribution is 2.39. The fourth-order valence-corrected chi connectivity index (χ4v) is 1.86. The fraction of sp³-hybridized carbons (Fsp3) is 0.857. The summed E-state index contributed by atoms with van der Waals surface area (Å²) in [4.78, 5) is 23.4. The third-order valence-corrected chi connectivity index (χ3v) is 2.96. The molecule has 0 aromatic heterocycles. The first-order chi connectivity index (χ1) is 8.26. The molecule has 0 radical (unpaired) electrons. The Labute approximate surface area is 109 Å². The topological polar surface area (TPSA) is 55.4 Å². The predicted octanol–water partition coefficient (Wildman–Crippen LogP) is 3.19. The van der Waals surface area contributed by atoms with Gasteiger partial charge in [-0.1, -0.05) is 13.3 Å². The maximum atomic E-state index is 11.7. The lowest BCUT2D eigenvalue weighted by molar-refractivity contribution is -0.119. The van der Waals surface area contributed by atoms with Crippen molar-refractivity contribution in [1.29, 1.82) is 0 Å². The maximum absolute atomic E-state index is 11.7. The first-order valence-corrected chi connectivity index (χ1v) is 6.79. The summed E-state index contributed by atoms with van der Waals surface area (Å²) in [6.07, 6.45) is 4.37. The number of amides is 1. The molecule has 1 rings (SSSR count). The first-order valence-electron chi connectivity index (χ1n) is 6.79. The Morgan fingerprint density at radius 3 is 2.33 bits per heavy atom. The molecule has 1 aliphatic rings. The summed E-state index contributed by atoms with van der Waals surface area (Å²) in [7, 11) is 0. The molecule has 1 N–H and O–H groups in total. The summed E-state index contributed by atoms with van der Waals surface area (Å²) >= 11 is 0. The van der Waals surface area contributed by atoms with Crippen molar-refractivity contribution in [3.05, 3.63) is 0 Å². The van der Waals surface area contributed by atoms with Gasteiger partial charge in [0.1, 0.15) is 11.4 Å². The second-order valence-corrected chi connectivity index (χ2v) is 6.23. The number of ether oxygens (including phenoxy) is 1. The summed E-state index contributed by atoms with van der Waals surface area (Å²) in [6, 6.07) is 0. The van der Waals surface area contributed by atoms with Crippen LogP contribution in [-0.4, -0.2) is 23.0 Å². The molecule has 0 unspecified atom stereocenters. The summed E-state index contributed by atoms with van der Waals surface area (Å²) in [5.74, 6) is 0.241. The van der Waals surface area contributed by atoms with E-state index >= 15 is 0 Å². The highest BCUT2D eigenvalue weighted by atomic mass is 16.6. The van der Waals surface area contributed by atoms with Crippen LogP contribution in [0.1, 0.15) is 66.2 Å². The van der Waals surface area contributed by atoms with Crippen molar-refractivity contribution in [2.24, 2.45) is 0 Å². The van der Waals surface area contributed by atoms with E-state index in [0.29, 0.717) is 12.8 Å². The molecule has 4 heteroatoms. The summed E-state index contributed by atoms with van der Waals surface area (Å²) < 4.78 is 5.21. The van der Waals surface area contributed by atoms with Gasteiger partial charge in [-0.3, -0.25) is 4.79 Å². The lowest BCUT2D eigenvalue weighted by Crippen LogP contribution is -2.41. The van der Waals surface area contributed by atoms with Crippen molar-refractivity contribution in [2.75, 3.05) is 0 Å². The van der Waals surface area contributed by atoms with Gasteiger partial charge in [-0.25, -0.2) is 4.79 Å². The fourth-order valence-electron chi connectivity index (χ4n) is 1.86. The number of rotatable bonds is 6. The molecule has 4 nitrogen and oxygen atoms in total. The standard InChI is InChI=1S/C14H25NO3/c1-5-6-7-11(16)10-14(8-9-14)15-12(17)18-13(2,3)4/h5-10H2,1-4H3,(H,15,17). The van der Waals surface area contributed by atoms with Crippen LogP contribution in [0.4, 0.5) is 4.79 Å². The normalized spacial score (nSPS) is 17.1. The van der Waals surface area contributed by atoms with Crippen LogP contribution in [0.2, 0.25) is 0 Å². The quantitative estimate of drug-likeness (QED) is 0.793. The number of ketones is 1. The molecule has 1 aliphatic carbocycles. The molecule has 0 spiro atoms. The van der Waals surface area contributed by atoms with E-state index in [2.05, 4.69) is 12.2 Å². The van der Waals surface area contributed by atoms with Crippen molar-refractivity contribution in [3.63, 3.8) is 0 Å². The predicted molar refractivity (Wildman–Crippen MR) is 70.5 cm³/mol. The number of Topliss-reactive ketones (excluding diaryl/α,β-unsaturated/α-hetero) is 1. The Bertz CT molecular complexity index is 313. The molecule has 0 heterocycles. The van der Waals surface area contributed by atoms with Crippen LogP contribution in [0.3, 0.4) is 0 Å². The molecule has 1 saturated carbocycles. The average Bonchev–Trinajstić information content (AvgIpc) is 2.91. The highest BCUT2D eigenvalue weighted by molar-refractivity contribution is 5.81. The molecule has 0 atom stereocenters.